The molecule has 0 aliphatic carbocycles. The van der Waals surface area contributed by atoms with Crippen LogP contribution in [0.4, 0.5) is 0 Å². The molecule has 0 spiro atoms. The molecule has 2 aromatic rings. The molecule has 0 nitrogen and oxygen atoms in total. The van der Waals surface area contributed by atoms with Crippen LogP contribution in [0.25, 0.3) is 0 Å². The highest BCUT2D eigenvalue weighted by Crippen LogP contribution is 2.07. The van der Waals surface area contributed by atoms with E-state index in [0.717, 1.165) is 5.50 Å². The van der Waals surface area contributed by atoms with Gasteiger partial charge in [0.25, 0.3) is 0 Å². The average Bonchev–Trinajstić information content (AvgIpc) is 2.45. The van der Waals surface area contributed by atoms with Gasteiger partial charge in [-0.15, -0.1) is 11.6 Å². The number of aryl methyl sites for hydroxylation is 2. The first-order chi connectivity index (χ1) is 11.4. The largest absolute Gasteiger partial charge is 0.130 e. The van der Waals surface area contributed by atoms with E-state index in [1.54, 1.807) is 10.4 Å². The van der Waals surface area contributed by atoms with Crippen LogP contribution >= 0.6 is 11.6 Å². The summed E-state index contributed by atoms with van der Waals surface area (Å²) in [4.78, 5) is 0. The highest BCUT2D eigenvalue weighted by Gasteiger charge is 2.23. The maximum Gasteiger partial charge on any atom is 0.117 e. The lowest BCUT2D eigenvalue weighted by Crippen LogP contribution is -2.50. The van der Waals surface area contributed by atoms with Crippen molar-refractivity contribution in [3.05, 3.63) is 47.5 Å². The van der Waals surface area contributed by atoms with E-state index in [2.05, 4.69) is 89.5 Å². The molecule has 0 unspecified atom stereocenters. The second kappa shape index (κ2) is 7.55. The molecule has 0 atom stereocenters. The van der Waals surface area contributed by atoms with E-state index in [-0.39, 0.29) is 0 Å². The molecule has 0 aromatic heterocycles. The third-order valence-corrected chi connectivity index (χ3v) is 12.4. The number of hydrogen-bond donors (Lipinski definition) is 0. The van der Waals surface area contributed by atoms with Crippen molar-refractivity contribution in [2.45, 2.75) is 53.1 Å². The number of rotatable bonds is 5. The zero-order chi connectivity index (χ0) is 19.0. The van der Waals surface area contributed by atoms with Crippen LogP contribution in [0.2, 0.25) is 39.3 Å². The first-order valence-corrected chi connectivity index (χ1v) is 18.7. The van der Waals surface area contributed by atoms with Gasteiger partial charge in [-0.2, -0.15) is 0 Å². The molecule has 0 radical (unpaired) electrons. The summed E-state index contributed by atoms with van der Waals surface area (Å²) in [5.74, 6) is 0. The van der Waals surface area contributed by atoms with Crippen molar-refractivity contribution in [3.8, 4) is 0 Å². The van der Waals surface area contributed by atoms with Crippen molar-refractivity contribution in [3.63, 3.8) is 0 Å². The molecule has 0 saturated carbocycles. The second-order valence-electron chi connectivity index (χ2n) is 9.47. The SMILES string of the molecule is Cc1cc([SiH](CCl)c2cc(C)cc([Si](C)(C)C)c2)cc([Si](C)(C)C)c1. The molecule has 2 aromatic carbocycles. The first-order valence-electron chi connectivity index (χ1n) is 9.22. The van der Waals surface area contributed by atoms with Crippen molar-refractivity contribution in [1.29, 1.82) is 0 Å². The lowest BCUT2D eigenvalue weighted by atomic mass is 10.2. The molecule has 25 heavy (non-hydrogen) atoms. The normalized spacial score (nSPS) is 12.7. The molecule has 0 aliphatic rings. The third kappa shape index (κ3) is 5.19. The summed E-state index contributed by atoms with van der Waals surface area (Å²) in [5.41, 5.74) is 3.54. The summed E-state index contributed by atoms with van der Waals surface area (Å²) < 4.78 is 0. The van der Waals surface area contributed by atoms with Crippen LogP contribution in [0.5, 0.6) is 0 Å². The zero-order valence-electron chi connectivity index (χ0n) is 17.1. The van der Waals surface area contributed by atoms with E-state index < -0.39 is 24.9 Å². The number of benzene rings is 2. The molecule has 136 valence electrons. The van der Waals surface area contributed by atoms with Crippen LogP contribution in [0.15, 0.2) is 36.4 Å². The van der Waals surface area contributed by atoms with E-state index in [0.29, 0.717) is 0 Å². The Morgan fingerprint density at radius 1 is 0.680 bits per heavy atom. The molecule has 0 fully saturated rings. The fourth-order valence-electron chi connectivity index (χ4n) is 3.26. The van der Waals surface area contributed by atoms with E-state index in [4.69, 9.17) is 11.6 Å². The van der Waals surface area contributed by atoms with Crippen LogP contribution in [-0.4, -0.2) is 30.4 Å². The van der Waals surface area contributed by atoms with E-state index in [1.165, 1.54) is 21.5 Å². The minimum Gasteiger partial charge on any atom is -0.130 e. The average molecular weight is 405 g/mol. The topological polar surface area (TPSA) is 0 Å². The Balaban J connectivity index is 2.58. The Labute approximate surface area is 163 Å². The molecule has 0 amide bonds. The summed E-state index contributed by atoms with van der Waals surface area (Å²) in [5, 5.41) is 6.14. The minimum absolute atomic E-state index is 0.767. The number of alkyl halides is 1. The summed E-state index contributed by atoms with van der Waals surface area (Å²) in [6.07, 6.45) is 0. The Morgan fingerprint density at radius 2 is 1.04 bits per heavy atom. The Morgan fingerprint density at radius 3 is 1.32 bits per heavy atom. The van der Waals surface area contributed by atoms with Crippen molar-refractivity contribution in [2.75, 3.05) is 5.50 Å². The standard InChI is InChI=1S/C21H33ClSi3/c1-16-9-18(13-20(11-16)24(3,4)5)23(15-22)19-10-17(2)12-21(14-19)25(6,7)8/h9-14,23H,15H2,1-8H3. The summed E-state index contributed by atoms with van der Waals surface area (Å²) in [7, 11) is -4.02. The lowest BCUT2D eigenvalue weighted by Gasteiger charge is -2.24. The van der Waals surface area contributed by atoms with E-state index in [1.807, 2.05) is 0 Å². The van der Waals surface area contributed by atoms with Crippen molar-refractivity contribution < 1.29 is 0 Å². The molecule has 0 heterocycles. The van der Waals surface area contributed by atoms with Crippen molar-refractivity contribution in [1.82, 2.24) is 0 Å². The van der Waals surface area contributed by atoms with Crippen molar-refractivity contribution in [2.24, 2.45) is 0 Å². The van der Waals surface area contributed by atoms with Gasteiger partial charge in [-0.05, 0) is 13.8 Å². The van der Waals surface area contributed by atoms with Crippen LogP contribution < -0.4 is 20.7 Å². The molecule has 0 saturated heterocycles. The van der Waals surface area contributed by atoms with Crippen LogP contribution in [0, 0.1) is 13.8 Å². The van der Waals surface area contributed by atoms with Gasteiger partial charge in [0.15, 0.2) is 0 Å². The van der Waals surface area contributed by atoms with Gasteiger partial charge in [0.1, 0.15) is 8.80 Å². The summed E-state index contributed by atoms with van der Waals surface area (Å²) in [6, 6.07) is 14.5. The Hall–Kier alpha value is -0.619. The van der Waals surface area contributed by atoms with Crippen molar-refractivity contribution >= 4 is 57.3 Å². The maximum absolute atomic E-state index is 6.56. The fourth-order valence-corrected chi connectivity index (χ4v) is 9.62. The molecule has 0 bridgehead atoms. The van der Waals surface area contributed by atoms with Gasteiger partial charge in [0.05, 0.1) is 16.1 Å². The fraction of sp³-hybridized carbons (Fsp3) is 0.429. The van der Waals surface area contributed by atoms with Crippen LogP contribution in [-0.2, 0) is 0 Å². The number of hydrogen-bond acceptors (Lipinski definition) is 0. The van der Waals surface area contributed by atoms with Gasteiger partial charge in [0, 0.05) is 5.50 Å². The first kappa shape index (κ1) is 20.7. The summed E-state index contributed by atoms with van der Waals surface area (Å²) in [6.45, 7) is 19.0. The van der Waals surface area contributed by atoms with Crippen LogP contribution in [0.3, 0.4) is 0 Å². The van der Waals surface area contributed by atoms with Gasteiger partial charge in [-0.25, -0.2) is 0 Å². The molecule has 0 aliphatic heterocycles. The highest BCUT2D eigenvalue weighted by molar-refractivity contribution is 6.93. The smallest absolute Gasteiger partial charge is 0.117 e. The Bertz CT molecular complexity index is 691. The molecule has 2 rings (SSSR count). The minimum atomic E-state index is -1.38. The highest BCUT2D eigenvalue weighted by atomic mass is 35.5. The van der Waals surface area contributed by atoms with Gasteiger partial charge < -0.3 is 0 Å². The number of halogens is 1. The second-order valence-corrected chi connectivity index (χ2v) is 23.3. The van der Waals surface area contributed by atoms with E-state index >= 15 is 0 Å². The van der Waals surface area contributed by atoms with Crippen LogP contribution in [0.1, 0.15) is 11.1 Å². The molecule has 0 N–H and O–H groups in total. The zero-order valence-corrected chi connectivity index (χ0v) is 21.0. The van der Waals surface area contributed by atoms with E-state index in [9.17, 15) is 0 Å². The maximum atomic E-state index is 6.56. The predicted molar refractivity (Wildman–Crippen MR) is 125 cm³/mol. The van der Waals surface area contributed by atoms with Gasteiger partial charge >= 0.3 is 0 Å². The lowest BCUT2D eigenvalue weighted by molar-refractivity contribution is 1.49. The quantitative estimate of drug-likeness (QED) is 0.528. The molecular weight excluding hydrogens is 372 g/mol. The van der Waals surface area contributed by atoms with Gasteiger partial charge in [0.2, 0.25) is 0 Å². The Kier molecular flexibility index (Phi) is 6.25. The van der Waals surface area contributed by atoms with Gasteiger partial charge in [-0.1, -0.05) is 108 Å². The molecule has 4 heteroatoms. The summed E-state index contributed by atoms with van der Waals surface area (Å²) >= 11 is 6.56. The third-order valence-electron chi connectivity index (χ3n) is 4.89. The van der Waals surface area contributed by atoms with Gasteiger partial charge in [-0.3, -0.25) is 0 Å². The predicted octanol–water partition coefficient (Wildman–Crippen LogP) is 3.51. The molecular formula is C21H33ClSi3. The monoisotopic (exact) mass is 404 g/mol.